The first-order valence-corrected chi connectivity index (χ1v) is 11.0. The van der Waals surface area contributed by atoms with Crippen LogP contribution < -0.4 is 4.90 Å². The number of hydrogen-bond acceptors (Lipinski definition) is 5. The number of sulfonamides is 1. The van der Waals surface area contributed by atoms with Gasteiger partial charge in [0.15, 0.2) is 0 Å². The molecule has 0 N–H and O–H groups in total. The number of pyridine rings is 1. The summed E-state index contributed by atoms with van der Waals surface area (Å²) in [6, 6.07) is 10.3. The molecule has 0 radical (unpaired) electrons. The van der Waals surface area contributed by atoms with Crippen LogP contribution in [0.2, 0.25) is 0 Å². The zero-order valence-electron chi connectivity index (χ0n) is 15.7. The van der Waals surface area contributed by atoms with E-state index >= 15 is 0 Å². The molecule has 1 aromatic heterocycles. The predicted octanol–water partition coefficient (Wildman–Crippen LogP) is 1.83. The minimum absolute atomic E-state index is 0.0560. The Morgan fingerprint density at radius 3 is 2.04 bits per heavy atom. The maximum atomic E-state index is 12.8. The van der Waals surface area contributed by atoms with E-state index in [0.717, 1.165) is 31.6 Å². The highest BCUT2D eigenvalue weighted by atomic mass is 32.2. The van der Waals surface area contributed by atoms with Crippen LogP contribution in [-0.4, -0.2) is 67.8 Å². The van der Waals surface area contributed by atoms with Crippen molar-refractivity contribution in [1.82, 2.24) is 14.2 Å². The first-order chi connectivity index (χ1) is 13.6. The third-order valence-electron chi connectivity index (χ3n) is 5.40. The molecule has 2 aliphatic rings. The van der Waals surface area contributed by atoms with Crippen molar-refractivity contribution in [2.75, 3.05) is 44.2 Å². The largest absolute Gasteiger partial charge is 0.368 e. The summed E-state index contributed by atoms with van der Waals surface area (Å²) in [4.78, 5) is 21.1. The Labute approximate surface area is 165 Å². The van der Waals surface area contributed by atoms with E-state index in [1.54, 1.807) is 36.7 Å². The monoisotopic (exact) mass is 400 g/mol. The molecule has 2 aromatic rings. The van der Waals surface area contributed by atoms with Crippen LogP contribution in [0.3, 0.4) is 0 Å². The van der Waals surface area contributed by atoms with Crippen LogP contribution in [0.1, 0.15) is 23.2 Å². The molecule has 4 rings (SSSR count). The van der Waals surface area contributed by atoms with E-state index in [-0.39, 0.29) is 10.8 Å². The van der Waals surface area contributed by atoms with Crippen LogP contribution in [0.5, 0.6) is 0 Å². The average molecular weight is 401 g/mol. The average Bonchev–Trinajstić information content (AvgIpc) is 3.30. The van der Waals surface area contributed by atoms with Crippen molar-refractivity contribution in [2.45, 2.75) is 17.7 Å². The Balaban J connectivity index is 1.40. The molecule has 0 saturated carbocycles. The molecule has 0 aliphatic carbocycles. The van der Waals surface area contributed by atoms with E-state index < -0.39 is 10.0 Å². The zero-order valence-corrected chi connectivity index (χ0v) is 16.5. The fourth-order valence-corrected chi connectivity index (χ4v) is 5.27. The van der Waals surface area contributed by atoms with Crippen molar-refractivity contribution in [1.29, 1.82) is 0 Å². The Morgan fingerprint density at radius 2 is 1.43 bits per heavy atom. The SMILES string of the molecule is O=C(c1ccc(S(=O)(=O)N2CCCC2)cc1)N1CCN(c2ccncc2)CC1. The lowest BCUT2D eigenvalue weighted by atomic mass is 10.2. The van der Waals surface area contributed by atoms with Crippen molar-refractivity contribution >= 4 is 21.6 Å². The smallest absolute Gasteiger partial charge is 0.253 e. The molecule has 1 amide bonds. The summed E-state index contributed by atoms with van der Waals surface area (Å²) in [5, 5.41) is 0. The standard InChI is InChI=1S/C20H24N4O3S/c25-20(23-15-13-22(14-16-23)18-7-9-21-10-8-18)17-3-5-19(6-4-17)28(26,27)24-11-1-2-12-24/h3-10H,1-2,11-16H2. The van der Waals surface area contributed by atoms with Crippen LogP contribution in [0.25, 0.3) is 0 Å². The van der Waals surface area contributed by atoms with E-state index in [0.29, 0.717) is 31.7 Å². The topological polar surface area (TPSA) is 73.8 Å². The minimum atomic E-state index is -3.45. The molecule has 0 bridgehead atoms. The van der Waals surface area contributed by atoms with Crippen molar-refractivity contribution in [3.63, 3.8) is 0 Å². The Kier molecular flexibility index (Phi) is 5.32. The fourth-order valence-electron chi connectivity index (χ4n) is 3.75. The molecule has 28 heavy (non-hydrogen) atoms. The van der Waals surface area contributed by atoms with E-state index in [4.69, 9.17) is 0 Å². The highest BCUT2D eigenvalue weighted by Gasteiger charge is 2.28. The third kappa shape index (κ3) is 3.74. The van der Waals surface area contributed by atoms with Gasteiger partial charge in [-0.05, 0) is 49.2 Å². The quantitative estimate of drug-likeness (QED) is 0.783. The van der Waals surface area contributed by atoms with Gasteiger partial charge in [-0.15, -0.1) is 0 Å². The Bertz CT molecular complexity index is 918. The van der Waals surface area contributed by atoms with Gasteiger partial charge in [0.25, 0.3) is 5.91 Å². The van der Waals surface area contributed by atoms with Gasteiger partial charge < -0.3 is 9.80 Å². The summed E-state index contributed by atoms with van der Waals surface area (Å²) in [5.41, 5.74) is 1.64. The second-order valence-corrected chi connectivity index (χ2v) is 9.06. The molecular weight excluding hydrogens is 376 g/mol. The molecule has 0 atom stereocenters. The van der Waals surface area contributed by atoms with Crippen LogP contribution in [0.4, 0.5) is 5.69 Å². The van der Waals surface area contributed by atoms with Gasteiger partial charge in [-0.1, -0.05) is 0 Å². The summed E-state index contributed by atoms with van der Waals surface area (Å²) >= 11 is 0. The van der Waals surface area contributed by atoms with Gasteiger partial charge in [0.1, 0.15) is 0 Å². The molecule has 7 nitrogen and oxygen atoms in total. The lowest BCUT2D eigenvalue weighted by Gasteiger charge is -2.36. The van der Waals surface area contributed by atoms with Crippen molar-refractivity contribution in [2.24, 2.45) is 0 Å². The summed E-state index contributed by atoms with van der Waals surface area (Å²) in [6.07, 6.45) is 5.35. The third-order valence-corrected chi connectivity index (χ3v) is 7.31. The molecule has 2 aliphatic heterocycles. The zero-order chi connectivity index (χ0) is 19.6. The number of benzene rings is 1. The van der Waals surface area contributed by atoms with Gasteiger partial charge in [0.2, 0.25) is 10.0 Å². The second kappa shape index (κ2) is 7.89. The number of rotatable bonds is 4. The van der Waals surface area contributed by atoms with E-state index in [2.05, 4.69) is 9.88 Å². The number of nitrogens with zero attached hydrogens (tertiary/aromatic N) is 4. The summed E-state index contributed by atoms with van der Waals surface area (Å²) in [7, 11) is -3.45. The highest BCUT2D eigenvalue weighted by Crippen LogP contribution is 2.22. The molecule has 148 valence electrons. The predicted molar refractivity (Wildman–Crippen MR) is 107 cm³/mol. The van der Waals surface area contributed by atoms with Crippen LogP contribution >= 0.6 is 0 Å². The first kappa shape index (κ1) is 18.9. The highest BCUT2D eigenvalue weighted by molar-refractivity contribution is 7.89. The number of amides is 1. The van der Waals surface area contributed by atoms with E-state index in [1.807, 2.05) is 17.0 Å². The van der Waals surface area contributed by atoms with Crippen LogP contribution in [-0.2, 0) is 10.0 Å². The second-order valence-electron chi connectivity index (χ2n) is 7.12. The number of piperazine rings is 1. The van der Waals surface area contributed by atoms with Gasteiger partial charge in [-0.3, -0.25) is 9.78 Å². The van der Waals surface area contributed by atoms with E-state index in [9.17, 15) is 13.2 Å². The van der Waals surface area contributed by atoms with Crippen molar-refractivity contribution in [3.05, 3.63) is 54.4 Å². The summed E-state index contributed by atoms with van der Waals surface area (Å²) in [6.45, 7) is 3.94. The fraction of sp³-hybridized carbons (Fsp3) is 0.400. The number of anilines is 1. The van der Waals surface area contributed by atoms with E-state index in [1.165, 1.54) is 4.31 Å². The lowest BCUT2D eigenvalue weighted by molar-refractivity contribution is 0.0746. The normalized spacial score (nSPS) is 18.4. The van der Waals surface area contributed by atoms with Crippen molar-refractivity contribution in [3.8, 4) is 0 Å². The molecule has 2 saturated heterocycles. The van der Waals surface area contributed by atoms with Gasteiger partial charge >= 0.3 is 0 Å². The molecule has 8 heteroatoms. The first-order valence-electron chi connectivity index (χ1n) is 9.60. The summed E-state index contributed by atoms with van der Waals surface area (Å²) in [5.74, 6) is -0.0560. The van der Waals surface area contributed by atoms with Crippen LogP contribution in [0, 0.1) is 0 Å². The molecule has 1 aromatic carbocycles. The molecule has 3 heterocycles. The lowest BCUT2D eigenvalue weighted by Crippen LogP contribution is -2.48. The van der Waals surface area contributed by atoms with Gasteiger partial charge in [-0.2, -0.15) is 4.31 Å². The maximum absolute atomic E-state index is 12.8. The molecular formula is C20H24N4O3S. The number of carbonyl (C=O) groups is 1. The summed E-state index contributed by atoms with van der Waals surface area (Å²) < 4.78 is 26.7. The maximum Gasteiger partial charge on any atom is 0.253 e. The number of aromatic nitrogens is 1. The Hall–Kier alpha value is -2.45. The Morgan fingerprint density at radius 1 is 0.821 bits per heavy atom. The van der Waals surface area contributed by atoms with Gasteiger partial charge in [0.05, 0.1) is 4.90 Å². The molecule has 0 unspecified atom stereocenters. The molecule has 2 fully saturated rings. The number of hydrogen-bond donors (Lipinski definition) is 0. The minimum Gasteiger partial charge on any atom is -0.368 e. The van der Waals surface area contributed by atoms with Crippen molar-refractivity contribution < 1.29 is 13.2 Å². The number of carbonyl (C=O) groups excluding carboxylic acids is 1. The van der Waals surface area contributed by atoms with Crippen LogP contribution in [0.15, 0.2) is 53.7 Å². The molecule has 0 spiro atoms. The van der Waals surface area contributed by atoms with Gasteiger partial charge in [0, 0.05) is 62.9 Å². The van der Waals surface area contributed by atoms with Gasteiger partial charge in [-0.25, -0.2) is 8.42 Å².